The van der Waals surface area contributed by atoms with E-state index < -0.39 is 0 Å². The highest BCUT2D eigenvalue weighted by Gasteiger charge is 2.33. The largest absolute Gasteiger partial charge is 0.493 e. The van der Waals surface area contributed by atoms with Crippen molar-refractivity contribution in [3.8, 4) is 28.5 Å². The number of benzene rings is 2. The highest BCUT2D eigenvalue weighted by molar-refractivity contribution is 6.30. The molecule has 0 unspecified atom stereocenters. The molecule has 3 aromatic rings. The molecule has 150 valence electrons. The van der Waals surface area contributed by atoms with Gasteiger partial charge in [0.05, 0.1) is 27.0 Å². The SMILES string of the molecule is COc1cc([C@@H]2CC(=O)Nc3n[nH]c(-c4ccc(Cl)cc4)c32)cc(OC)c1OC. The van der Waals surface area contributed by atoms with Gasteiger partial charge in [0.2, 0.25) is 11.7 Å². The van der Waals surface area contributed by atoms with Gasteiger partial charge in [-0.3, -0.25) is 9.89 Å². The minimum absolute atomic E-state index is 0.106. The number of nitrogens with one attached hydrogen (secondary N) is 2. The number of halogens is 1. The maximum absolute atomic E-state index is 12.4. The highest BCUT2D eigenvalue weighted by Crippen LogP contribution is 2.46. The first kappa shape index (κ1) is 19.1. The second-order valence-electron chi connectivity index (χ2n) is 6.63. The molecule has 2 heterocycles. The van der Waals surface area contributed by atoms with E-state index in [9.17, 15) is 4.79 Å². The Hall–Kier alpha value is -3.19. The van der Waals surface area contributed by atoms with E-state index >= 15 is 0 Å². The van der Waals surface area contributed by atoms with E-state index in [0.717, 1.165) is 22.4 Å². The zero-order valence-electron chi connectivity index (χ0n) is 16.2. The standard InChI is InChI=1S/C21H20ClN3O4/c1-27-15-8-12(9-16(28-2)20(15)29-3)14-10-17(26)23-21-18(14)19(24-25-21)11-4-6-13(22)7-5-11/h4-9,14H,10H2,1-3H3,(H2,23,24,25,26)/t14-/m0/s1. The molecule has 2 N–H and O–H groups in total. The van der Waals surface area contributed by atoms with E-state index in [-0.39, 0.29) is 18.2 Å². The van der Waals surface area contributed by atoms with Crippen LogP contribution in [0.1, 0.15) is 23.5 Å². The van der Waals surface area contributed by atoms with Crippen LogP contribution in [0.3, 0.4) is 0 Å². The van der Waals surface area contributed by atoms with Gasteiger partial charge in [0, 0.05) is 28.5 Å². The first-order valence-electron chi connectivity index (χ1n) is 8.99. The van der Waals surface area contributed by atoms with Crippen LogP contribution >= 0.6 is 11.6 Å². The quantitative estimate of drug-likeness (QED) is 0.653. The van der Waals surface area contributed by atoms with Gasteiger partial charge in [-0.05, 0) is 29.8 Å². The molecule has 8 heteroatoms. The summed E-state index contributed by atoms with van der Waals surface area (Å²) in [5.74, 6) is 1.74. The van der Waals surface area contributed by atoms with Gasteiger partial charge in [0.1, 0.15) is 0 Å². The maximum atomic E-state index is 12.4. The summed E-state index contributed by atoms with van der Waals surface area (Å²) in [4.78, 5) is 12.4. The molecule has 0 saturated heterocycles. The van der Waals surface area contributed by atoms with E-state index in [1.807, 2.05) is 36.4 Å². The third kappa shape index (κ3) is 3.38. The molecule has 0 saturated carbocycles. The Morgan fingerprint density at radius 2 is 1.69 bits per heavy atom. The van der Waals surface area contributed by atoms with Crippen molar-refractivity contribution in [3.05, 3.63) is 52.5 Å². The molecular formula is C21H20ClN3O4. The van der Waals surface area contributed by atoms with Crippen LogP contribution in [0.4, 0.5) is 5.82 Å². The molecule has 1 aliphatic rings. The van der Waals surface area contributed by atoms with Crippen LogP contribution in [-0.4, -0.2) is 37.4 Å². The molecule has 4 rings (SSSR count). The molecule has 7 nitrogen and oxygen atoms in total. The number of carbonyl (C=O) groups excluding carboxylic acids is 1. The van der Waals surface area contributed by atoms with Gasteiger partial charge in [-0.2, -0.15) is 5.10 Å². The number of ether oxygens (including phenoxy) is 3. The molecule has 0 bridgehead atoms. The van der Waals surface area contributed by atoms with E-state index in [0.29, 0.717) is 28.1 Å². The van der Waals surface area contributed by atoms with Crippen LogP contribution < -0.4 is 19.5 Å². The smallest absolute Gasteiger partial charge is 0.226 e. The van der Waals surface area contributed by atoms with Crippen molar-refractivity contribution in [1.29, 1.82) is 0 Å². The molecule has 0 fully saturated rings. The van der Waals surface area contributed by atoms with Gasteiger partial charge < -0.3 is 19.5 Å². The number of methoxy groups -OCH3 is 3. The summed E-state index contributed by atoms with van der Waals surface area (Å²) < 4.78 is 16.4. The zero-order chi connectivity index (χ0) is 20.5. The second kappa shape index (κ2) is 7.67. The molecule has 1 amide bonds. The summed E-state index contributed by atoms with van der Waals surface area (Å²) >= 11 is 6.03. The molecule has 1 aliphatic heterocycles. The predicted molar refractivity (Wildman–Crippen MR) is 110 cm³/mol. The minimum Gasteiger partial charge on any atom is -0.493 e. The van der Waals surface area contributed by atoms with Crippen molar-refractivity contribution < 1.29 is 19.0 Å². The number of H-pyrrole nitrogens is 1. The molecule has 0 aliphatic carbocycles. The number of hydrogen-bond donors (Lipinski definition) is 2. The fourth-order valence-electron chi connectivity index (χ4n) is 3.68. The molecule has 1 atom stereocenters. The van der Waals surface area contributed by atoms with Gasteiger partial charge in [-0.25, -0.2) is 0 Å². The molecule has 29 heavy (non-hydrogen) atoms. The first-order valence-corrected chi connectivity index (χ1v) is 9.37. The van der Waals surface area contributed by atoms with Crippen molar-refractivity contribution >= 4 is 23.3 Å². The average molecular weight is 414 g/mol. The van der Waals surface area contributed by atoms with Gasteiger partial charge >= 0.3 is 0 Å². The van der Waals surface area contributed by atoms with Crippen LogP contribution in [0.25, 0.3) is 11.3 Å². The number of nitrogens with zero attached hydrogens (tertiary/aromatic N) is 1. The van der Waals surface area contributed by atoms with Crippen molar-refractivity contribution in [2.75, 3.05) is 26.6 Å². The Kier molecular flexibility index (Phi) is 5.07. The third-order valence-electron chi connectivity index (χ3n) is 5.02. The zero-order valence-corrected chi connectivity index (χ0v) is 17.0. The number of anilines is 1. The molecule has 0 spiro atoms. The number of hydrogen-bond acceptors (Lipinski definition) is 5. The van der Waals surface area contributed by atoms with Gasteiger partial charge in [0.25, 0.3) is 0 Å². The van der Waals surface area contributed by atoms with Crippen molar-refractivity contribution in [2.45, 2.75) is 12.3 Å². The normalized spacial score (nSPS) is 15.4. The Labute approximate surface area is 172 Å². The lowest BCUT2D eigenvalue weighted by Gasteiger charge is -2.25. The van der Waals surface area contributed by atoms with Crippen molar-refractivity contribution in [2.24, 2.45) is 0 Å². The fourth-order valence-corrected chi connectivity index (χ4v) is 3.81. The monoisotopic (exact) mass is 413 g/mol. The number of fused-ring (bicyclic) bond motifs is 1. The second-order valence-corrected chi connectivity index (χ2v) is 7.07. The van der Waals surface area contributed by atoms with Gasteiger partial charge in [-0.1, -0.05) is 23.7 Å². The Bertz CT molecular complexity index is 1040. The summed E-state index contributed by atoms with van der Waals surface area (Å²) in [6, 6.07) is 11.2. The Morgan fingerprint density at radius 1 is 1.03 bits per heavy atom. The van der Waals surface area contributed by atoms with Gasteiger partial charge in [-0.15, -0.1) is 0 Å². The number of rotatable bonds is 5. The maximum Gasteiger partial charge on any atom is 0.226 e. The number of aromatic amines is 1. The Morgan fingerprint density at radius 3 is 2.28 bits per heavy atom. The van der Waals surface area contributed by atoms with E-state index in [1.165, 1.54) is 0 Å². The molecule has 0 radical (unpaired) electrons. The van der Waals surface area contributed by atoms with Crippen molar-refractivity contribution in [1.82, 2.24) is 10.2 Å². The van der Waals surface area contributed by atoms with Crippen molar-refractivity contribution in [3.63, 3.8) is 0 Å². The minimum atomic E-state index is -0.239. The molecule has 2 aromatic carbocycles. The average Bonchev–Trinajstić information content (AvgIpc) is 3.16. The summed E-state index contributed by atoms with van der Waals surface area (Å²) in [6.07, 6.45) is 0.270. The fraction of sp³-hybridized carbons (Fsp3) is 0.238. The lowest BCUT2D eigenvalue weighted by atomic mass is 9.84. The van der Waals surface area contributed by atoms with Crippen LogP contribution in [0.15, 0.2) is 36.4 Å². The summed E-state index contributed by atoms with van der Waals surface area (Å²) in [5.41, 5.74) is 3.53. The van der Waals surface area contributed by atoms with E-state index in [4.69, 9.17) is 25.8 Å². The Balaban J connectivity index is 1.88. The van der Waals surface area contributed by atoms with E-state index in [1.54, 1.807) is 21.3 Å². The lowest BCUT2D eigenvalue weighted by Crippen LogP contribution is -2.23. The van der Waals surface area contributed by atoms with Crippen LogP contribution in [-0.2, 0) is 4.79 Å². The predicted octanol–water partition coefficient (Wildman–Crippen LogP) is 4.23. The number of carbonyl (C=O) groups is 1. The first-order chi connectivity index (χ1) is 14.0. The van der Waals surface area contributed by atoms with Crippen LogP contribution in [0.2, 0.25) is 5.02 Å². The van der Waals surface area contributed by atoms with E-state index in [2.05, 4.69) is 15.5 Å². The topological polar surface area (TPSA) is 85.5 Å². The number of aromatic nitrogens is 2. The third-order valence-corrected chi connectivity index (χ3v) is 5.27. The summed E-state index contributed by atoms with van der Waals surface area (Å²) in [7, 11) is 4.69. The van der Waals surface area contributed by atoms with Gasteiger partial charge in [0.15, 0.2) is 17.3 Å². The van der Waals surface area contributed by atoms with Crippen LogP contribution in [0, 0.1) is 0 Å². The number of amides is 1. The summed E-state index contributed by atoms with van der Waals surface area (Å²) in [6.45, 7) is 0. The molecular weight excluding hydrogens is 394 g/mol. The summed E-state index contributed by atoms with van der Waals surface area (Å²) in [5, 5.41) is 10.9. The lowest BCUT2D eigenvalue weighted by molar-refractivity contribution is -0.116. The highest BCUT2D eigenvalue weighted by atomic mass is 35.5. The van der Waals surface area contributed by atoms with Crippen LogP contribution in [0.5, 0.6) is 17.2 Å². The molecule has 1 aromatic heterocycles.